The van der Waals surface area contributed by atoms with Gasteiger partial charge in [0.25, 0.3) is 0 Å². The number of esters is 2. The number of carbonyl (C=O) groups excluding carboxylic acids is 2. The Morgan fingerprint density at radius 3 is 2.00 bits per heavy atom. The first-order valence-electron chi connectivity index (χ1n) is 8.36. The molecule has 1 unspecified atom stereocenters. The summed E-state index contributed by atoms with van der Waals surface area (Å²) in [4.78, 5) is 23.5. The van der Waals surface area contributed by atoms with Crippen LogP contribution in [0.3, 0.4) is 0 Å². The summed E-state index contributed by atoms with van der Waals surface area (Å²) in [5.74, 6) is -1.32. The number of nitrogens with two attached hydrogens (primary N) is 1. The van der Waals surface area contributed by atoms with Crippen LogP contribution in [0.4, 0.5) is 0 Å². The molecule has 0 heterocycles. The molecule has 0 radical (unpaired) electrons. The average molecular weight is 421 g/mol. The van der Waals surface area contributed by atoms with E-state index in [2.05, 4.69) is 14.2 Å². The second kappa shape index (κ2) is 10.0. The largest absolute Gasteiger partial charge is 0.465 e. The molecule has 152 valence electrons. The summed E-state index contributed by atoms with van der Waals surface area (Å²) in [6.45, 7) is 0.171. The maximum Gasteiger partial charge on any atom is 0.337 e. The molecular formula is C17H25ClN2O6S. The van der Waals surface area contributed by atoms with Gasteiger partial charge in [-0.1, -0.05) is 12.8 Å². The molecule has 0 spiro atoms. The molecule has 8 nitrogen and oxygen atoms in total. The van der Waals surface area contributed by atoms with Gasteiger partial charge in [0.05, 0.1) is 30.2 Å². The molecule has 1 fully saturated rings. The Bertz CT molecular complexity index is 743. The van der Waals surface area contributed by atoms with Gasteiger partial charge in [-0.05, 0) is 37.0 Å². The third-order valence-electron chi connectivity index (χ3n) is 4.59. The van der Waals surface area contributed by atoms with Crippen molar-refractivity contribution in [2.75, 3.05) is 20.8 Å². The van der Waals surface area contributed by atoms with E-state index in [0.29, 0.717) is 0 Å². The van der Waals surface area contributed by atoms with Crippen LogP contribution >= 0.6 is 12.4 Å². The number of hydrogen-bond donors (Lipinski definition) is 2. The molecule has 0 amide bonds. The lowest BCUT2D eigenvalue weighted by atomic mass is 9.99. The minimum Gasteiger partial charge on any atom is -0.465 e. The summed E-state index contributed by atoms with van der Waals surface area (Å²) in [7, 11) is -1.64. The van der Waals surface area contributed by atoms with Gasteiger partial charge in [-0.25, -0.2) is 22.7 Å². The Labute approximate surface area is 165 Å². The van der Waals surface area contributed by atoms with E-state index >= 15 is 0 Å². The topological polar surface area (TPSA) is 125 Å². The van der Waals surface area contributed by atoms with Crippen LogP contribution in [0.1, 0.15) is 46.4 Å². The molecule has 1 aliphatic carbocycles. The molecular weight excluding hydrogens is 396 g/mol. The van der Waals surface area contributed by atoms with Crippen molar-refractivity contribution in [3.8, 4) is 0 Å². The van der Waals surface area contributed by atoms with Gasteiger partial charge in [-0.15, -0.1) is 12.4 Å². The molecule has 10 heteroatoms. The third kappa shape index (κ3) is 5.65. The van der Waals surface area contributed by atoms with Crippen LogP contribution in [-0.2, 0) is 19.5 Å². The van der Waals surface area contributed by atoms with E-state index in [1.165, 1.54) is 32.4 Å². The van der Waals surface area contributed by atoms with Crippen LogP contribution in [0.5, 0.6) is 0 Å². The zero-order chi connectivity index (χ0) is 19.3. The van der Waals surface area contributed by atoms with Gasteiger partial charge < -0.3 is 15.2 Å². The fourth-order valence-electron chi connectivity index (χ4n) is 3.19. The molecule has 1 saturated carbocycles. The molecule has 3 N–H and O–H groups in total. The number of halogens is 1. The molecule has 1 aromatic rings. The summed E-state index contributed by atoms with van der Waals surface area (Å²) in [6, 6.07) is 3.17. The summed E-state index contributed by atoms with van der Waals surface area (Å²) in [5.41, 5.74) is 5.65. The second-order valence-corrected chi connectivity index (χ2v) is 7.95. The maximum atomic E-state index is 12.8. The van der Waals surface area contributed by atoms with Crippen molar-refractivity contribution in [2.24, 2.45) is 11.7 Å². The summed E-state index contributed by atoms with van der Waals surface area (Å²) >= 11 is 0. The van der Waals surface area contributed by atoms with E-state index in [1.807, 2.05) is 0 Å². The van der Waals surface area contributed by atoms with Gasteiger partial charge >= 0.3 is 11.9 Å². The lowest BCUT2D eigenvalue weighted by Crippen LogP contribution is -2.44. The van der Waals surface area contributed by atoms with Gasteiger partial charge in [-0.2, -0.15) is 0 Å². The summed E-state index contributed by atoms with van der Waals surface area (Å²) < 4.78 is 37.5. The first kappa shape index (κ1) is 23.4. The van der Waals surface area contributed by atoms with Gasteiger partial charge in [0.2, 0.25) is 10.0 Å². The molecule has 1 atom stereocenters. The van der Waals surface area contributed by atoms with Crippen molar-refractivity contribution in [1.29, 1.82) is 0 Å². The lowest BCUT2D eigenvalue weighted by Gasteiger charge is -2.23. The number of rotatable bonds is 7. The number of ether oxygens (including phenoxy) is 2. The SMILES string of the molecule is COC(=O)c1cc(C(=O)OC)cc(S(=O)(=O)NC(CN)C2CCCC2)c1.Cl. The number of benzene rings is 1. The zero-order valence-corrected chi connectivity index (χ0v) is 16.9. The smallest absolute Gasteiger partial charge is 0.337 e. The minimum atomic E-state index is -3.98. The summed E-state index contributed by atoms with van der Waals surface area (Å²) in [6.07, 6.45) is 3.93. The number of sulfonamides is 1. The van der Waals surface area contributed by atoms with Gasteiger partial charge in [-0.3, -0.25) is 0 Å². The Morgan fingerprint density at radius 2 is 1.59 bits per heavy atom. The summed E-state index contributed by atoms with van der Waals surface area (Å²) in [5, 5.41) is 0. The Hall–Kier alpha value is -1.68. The highest BCUT2D eigenvalue weighted by atomic mass is 35.5. The van der Waals surface area contributed by atoms with Crippen molar-refractivity contribution in [3.05, 3.63) is 29.3 Å². The maximum absolute atomic E-state index is 12.8. The molecule has 0 aliphatic heterocycles. The predicted molar refractivity (Wildman–Crippen MR) is 101 cm³/mol. The third-order valence-corrected chi connectivity index (χ3v) is 6.06. The average Bonchev–Trinajstić information content (AvgIpc) is 3.18. The lowest BCUT2D eigenvalue weighted by molar-refractivity contribution is 0.0598. The number of methoxy groups -OCH3 is 2. The molecule has 27 heavy (non-hydrogen) atoms. The molecule has 1 aliphatic rings. The van der Waals surface area contributed by atoms with E-state index < -0.39 is 28.0 Å². The normalized spacial score (nSPS) is 15.7. The van der Waals surface area contributed by atoms with Crippen LogP contribution in [0.25, 0.3) is 0 Å². The Morgan fingerprint density at radius 1 is 1.11 bits per heavy atom. The monoisotopic (exact) mass is 420 g/mol. The molecule has 0 aromatic heterocycles. The van der Waals surface area contributed by atoms with Crippen molar-refractivity contribution in [3.63, 3.8) is 0 Å². The van der Waals surface area contributed by atoms with Crippen molar-refractivity contribution in [1.82, 2.24) is 4.72 Å². The van der Waals surface area contributed by atoms with Crippen LogP contribution in [0.15, 0.2) is 23.1 Å². The quantitative estimate of drug-likeness (QED) is 0.640. The predicted octanol–water partition coefficient (Wildman–Crippen LogP) is 1.48. The minimum absolute atomic E-state index is 0. The zero-order valence-electron chi connectivity index (χ0n) is 15.3. The fraction of sp³-hybridized carbons (Fsp3) is 0.529. The second-order valence-electron chi connectivity index (χ2n) is 6.24. The highest BCUT2D eigenvalue weighted by Gasteiger charge is 2.29. The van der Waals surface area contributed by atoms with Crippen LogP contribution in [0.2, 0.25) is 0 Å². The Kier molecular flexibility index (Phi) is 8.67. The van der Waals surface area contributed by atoms with Crippen molar-refractivity contribution in [2.45, 2.75) is 36.6 Å². The molecule has 2 rings (SSSR count). The standard InChI is InChI=1S/C17H24N2O6S.ClH/c1-24-16(20)12-7-13(17(21)25-2)9-14(8-12)26(22,23)19-15(10-18)11-5-3-4-6-11;/h7-9,11,15,19H,3-6,10,18H2,1-2H3;1H. The number of nitrogens with one attached hydrogen (secondary N) is 1. The van der Waals surface area contributed by atoms with Crippen LogP contribution in [0, 0.1) is 5.92 Å². The van der Waals surface area contributed by atoms with E-state index in [1.54, 1.807) is 0 Å². The van der Waals surface area contributed by atoms with Crippen LogP contribution in [-0.4, -0.2) is 47.2 Å². The first-order chi connectivity index (χ1) is 12.3. The Balaban J connectivity index is 0.00000364. The van der Waals surface area contributed by atoms with Crippen molar-refractivity contribution >= 4 is 34.4 Å². The van der Waals surface area contributed by atoms with Crippen molar-refractivity contribution < 1.29 is 27.5 Å². The highest BCUT2D eigenvalue weighted by Crippen LogP contribution is 2.28. The molecule has 1 aromatic carbocycles. The first-order valence-corrected chi connectivity index (χ1v) is 9.84. The number of carbonyl (C=O) groups is 2. The van der Waals surface area contributed by atoms with E-state index in [0.717, 1.165) is 25.7 Å². The van der Waals surface area contributed by atoms with Crippen LogP contribution < -0.4 is 10.5 Å². The van der Waals surface area contributed by atoms with Gasteiger partial charge in [0.1, 0.15) is 0 Å². The van der Waals surface area contributed by atoms with E-state index in [4.69, 9.17) is 5.73 Å². The molecule has 0 bridgehead atoms. The van der Waals surface area contributed by atoms with E-state index in [-0.39, 0.29) is 40.9 Å². The molecule has 0 saturated heterocycles. The number of hydrogen-bond acceptors (Lipinski definition) is 7. The highest BCUT2D eigenvalue weighted by molar-refractivity contribution is 7.89. The fourth-order valence-corrected chi connectivity index (χ4v) is 4.58. The van der Waals surface area contributed by atoms with Gasteiger partial charge in [0.15, 0.2) is 0 Å². The van der Waals surface area contributed by atoms with Gasteiger partial charge in [0, 0.05) is 12.6 Å². The van der Waals surface area contributed by atoms with E-state index in [9.17, 15) is 18.0 Å².